The number of rotatable bonds is 11. The number of carboxylic acids is 2. The first-order valence-electron chi connectivity index (χ1n) is 9.61. The maximum atomic E-state index is 11.4. The molecule has 0 amide bonds. The van der Waals surface area contributed by atoms with Crippen LogP contribution in [0.15, 0.2) is 12.1 Å². The molecule has 160 valence electrons. The van der Waals surface area contributed by atoms with Gasteiger partial charge in [-0.2, -0.15) is 4.98 Å². The average Bonchev–Trinajstić information content (AvgIpc) is 3.34. The Labute approximate surface area is 167 Å². The van der Waals surface area contributed by atoms with Crippen LogP contribution in [0.2, 0.25) is 0 Å². The van der Waals surface area contributed by atoms with Gasteiger partial charge in [-0.3, -0.25) is 0 Å². The van der Waals surface area contributed by atoms with Crippen LogP contribution in [0.4, 0.5) is 0 Å². The number of carboxylic acid groups (broad SMARTS) is 2. The molecule has 10 nitrogen and oxygen atoms in total. The Balaban J connectivity index is 1.85. The topological polar surface area (TPSA) is 147 Å². The van der Waals surface area contributed by atoms with E-state index in [1.807, 2.05) is 0 Å². The number of hydrogen-bond acceptors (Lipinski definition) is 8. The highest BCUT2D eigenvalue weighted by Crippen LogP contribution is 2.39. The van der Waals surface area contributed by atoms with Crippen molar-refractivity contribution in [1.82, 2.24) is 10.3 Å². The summed E-state index contributed by atoms with van der Waals surface area (Å²) in [4.78, 5) is 26.6. The van der Waals surface area contributed by atoms with Crippen LogP contribution in [-0.4, -0.2) is 70.8 Å². The maximum Gasteiger partial charge on any atom is 0.348 e. The molecule has 0 aromatic carbocycles. The number of aliphatic hydroxyl groups excluding tert-OH is 1. The molecule has 29 heavy (non-hydrogen) atoms. The lowest BCUT2D eigenvalue weighted by molar-refractivity contribution is -0.164. The van der Waals surface area contributed by atoms with E-state index in [1.54, 1.807) is 12.1 Å². The van der Waals surface area contributed by atoms with Gasteiger partial charge in [-0.25, -0.2) is 9.59 Å². The lowest BCUT2D eigenvalue weighted by Crippen LogP contribution is -2.44. The van der Waals surface area contributed by atoms with Crippen molar-refractivity contribution in [3.05, 3.63) is 12.1 Å². The fourth-order valence-corrected chi connectivity index (χ4v) is 3.37. The summed E-state index contributed by atoms with van der Waals surface area (Å²) in [6.45, 7) is 1.73. The van der Waals surface area contributed by atoms with Gasteiger partial charge >= 0.3 is 11.9 Å². The van der Waals surface area contributed by atoms with Crippen molar-refractivity contribution in [3.63, 3.8) is 0 Å². The summed E-state index contributed by atoms with van der Waals surface area (Å²) in [6, 6.07) is 3.10. The number of methoxy groups -OCH3 is 1. The van der Waals surface area contributed by atoms with Crippen molar-refractivity contribution < 1.29 is 39.1 Å². The smallest absolute Gasteiger partial charge is 0.348 e. The minimum Gasteiger partial charge on any atom is -0.484 e. The predicted octanol–water partition coefficient (Wildman–Crippen LogP) is 0.525. The molecule has 4 N–H and O–H groups in total. The minimum absolute atomic E-state index is 0.109. The summed E-state index contributed by atoms with van der Waals surface area (Å²) in [6.07, 6.45) is -0.265. The second-order valence-electron chi connectivity index (χ2n) is 7.40. The summed E-state index contributed by atoms with van der Waals surface area (Å²) < 4.78 is 16.5. The van der Waals surface area contributed by atoms with Crippen molar-refractivity contribution in [2.75, 3.05) is 20.2 Å². The summed E-state index contributed by atoms with van der Waals surface area (Å²) >= 11 is 0. The molecule has 1 saturated heterocycles. The molecule has 1 saturated carbocycles. The number of nitrogens with one attached hydrogen (secondary N) is 1. The number of aromatic nitrogens is 1. The Morgan fingerprint density at radius 3 is 2.52 bits per heavy atom. The van der Waals surface area contributed by atoms with Gasteiger partial charge in [0.1, 0.15) is 6.10 Å². The van der Waals surface area contributed by atoms with Gasteiger partial charge in [0.2, 0.25) is 12.0 Å². The third kappa shape index (κ3) is 5.48. The van der Waals surface area contributed by atoms with Gasteiger partial charge in [0.25, 0.3) is 5.88 Å². The molecule has 10 heteroatoms. The SMILES string of the molecule is COc1ccc(OC(CC2CC2)[C@H]2CCNC2)c(O[C@@H](C(=O)O)[C@@H](O)C(=O)O)n1. The minimum atomic E-state index is -2.27. The zero-order chi connectivity index (χ0) is 21.0. The molecule has 2 fully saturated rings. The second kappa shape index (κ2) is 9.27. The molecule has 0 radical (unpaired) electrons. The van der Waals surface area contributed by atoms with Gasteiger partial charge in [-0.1, -0.05) is 12.8 Å². The Kier molecular flexibility index (Phi) is 6.75. The Morgan fingerprint density at radius 2 is 1.97 bits per heavy atom. The summed E-state index contributed by atoms with van der Waals surface area (Å²) in [5.41, 5.74) is 0. The normalized spacial score (nSPS) is 21.8. The van der Waals surface area contributed by atoms with Crippen LogP contribution in [0.5, 0.6) is 17.5 Å². The molecule has 0 bridgehead atoms. The molecule has 4 atom stereocenters. The van der Waals surface area contributed by atoms with E-state index in [-0.39, 0.29) is 23.6 Å². The van der Waals surface area contributed by atoms with Crippen LogP contribution in [0, 0.1) is 11.8 Å². The molecule has 0 spiro atoms. The van der Waals surface area contributed by atoms with Gasteiger partial charge in [-0.15, -0.1) is 0 Å². The lowest BCUT2D eigenvalue weighted by atomic mass is 9.96. The van der Waals surface area contributed by atoms with Gasteiger partial charge in [-0.05, 0) is 31.4 Å². The van der Waals surface area contributed by atoms with Crippen LogP contribution in [0.25, 0.3) is 0 Å². The molecule has 1 unspecified atom stereocenters. The van der Waals surface area contributed by atoms with Crippen molar-refractivity contribution in [1.29, 1.82) is 0 Å². The van der Waals surface area contributed by atoms with Crippen molar-refractivity contribution in [3.8, 4) is 17.5 Å². The Morgan fingerprint density at radius 1 is 1.21 bits per heavy atom. The molecular weight excluding hydrogens is 384 g/mol. The lowest BCUT2D eigenvalue weighted by Gasteiger charge is -2.26. The number of nitrogens with zero attached hydrogens (tertiary/aromatic N) is 1. The zero-order valence-electron chi connectivity index (χ0n) is 16.1. The molecule has 1 aliphatic carbocycles. The quantitative estimate of drug-likeness (QED) is 0.407. The maximum absolute atomic E-state index is 11.4. The average molecular weight is 410 g/mol. The molecule has 1 aliphatic heterocycles. The highest BCUT2D eigenvalue weighted by molar-refractivity contribution is 5.83. The van der Waals surface area contributed by atoms with E-state index in [9.17, 15) is 19.8 Å². The first-order valence-corrected chi connectivity index (χ1v) is 9.61. The second-order valence-corrected chi connectivity index (χ2v) is 7.40. The molecular formula is C19H26N2O8. The Bertz CT molecular complexity index is 733. The number of hydrogen-bond donors (Lipinski definition) is 4. The molecule has 2 aliphatic rings. The third-order valence-electron chi connectivity index (χ3n) is 5.20. The van der Waals surface area contributed by atoms with Crippen molar-refractivity contribution in [2.24, 2.45) is 11.8 Å². The van der Waals surface area contributed by atoms with Crippen LogP contribution in [0.3, 0.4) is 0 Å². The largest absolute Gasteiger partial charge is 0.484 e. The van der Waals surface area contributed by atoms with Crippen LogP contribution >= 0.6 is 0 Å². The van der Waals surface area contributed by atoms with Gasteiger partial charge in [0, 0.05) is 18.5 Å². The van der Waals surface area contributed by atoms with E-state index in [0.717, 1.165) is 38.8 Å². The molecule has 2 heterocycles. The number of aliphatic hydroxyl groups is 1. The van der Waals surface area contributed by atoms with Gasteiger partial charge < -0.3 is 34.8 Å². The van der Waals surface area contributed by atoms with Crippen LogP contribution in [-0.2, 0) is 9.59 Å². The van der Waals surface area contributed by atoms with Gasteiger partial charge in [0.05, 0.1) is 7.11 Å². The highest BCUT2D eigenvalue weighted by Gasteiger charge is 2.37. The van der Waals surface area contributed by atoms with E-state index < -0.39 is 24.1 Å². The monoisotopic (exact) mass is 410 g/mol. The highest BCUT2D eigenvalue weighted by atomic mass is 16.6. The van der Waals surface area contributed by atoms with E-state index in [2.05, 4.69) is 10.3 Å². The van der Waals surface area contributed by atoms with Crippen LogP contribution < -0.4 is 19.5 Å². The fourth-order valence-electron chi connectivity index (χ4n) is 3.37. The number of carbonyl (C=O) groups is 2. The summed E-state index contributed by atoms with van der Waals surface area (Å²) in [5.74, 6) is -2.35. The van der Waals surface area contributed by atoms with E-state index in [0.29, 0.717) is 11.8 Å². The number of pyridine rings is 1. The standard InChI is InChI=1S/C19H26N2O8/c1-27-14-5-4-12(17(21-14)29-16(19(25)26)15(22)18(23)24)28-13(8-10-2-3-10)11-6-7-20-9-11/h4-5,10-11,13,15-16,20,22H,2-3,6-9H2,1H3,(H,23,24)(H,25,26)/t11-,13?,15+,16+/m0/s1. The van der Waals surface area contributed by atoms with E-state index >= 15 is 0 Å². The number of ether oxygens (including phenoxy) is 3. The van der Waals surface area contributed by atoms with Gasteiger partial charge in [0.15, 0.2) is 11.9 Å². The van der Waals surface area contributed by atoms with Crippen LogP contribution in [0.1, 0.15) is 25.7 Å². The first-order chi connectivity index (χ1) is 13.9. The molecule has 1 aromatic heterocycles. The van der Waals surface area contributed by atoms with E-state index in [4.69, 9.17) is 19.3 Å². The summed E-state index contributed by atoms with van der Waals surface area (Å²) in [7, 11) is 1.38. The molecule has 1 aromatic rings. The fraction of sp³-hybridized carbons (Fsp3) is 0.632. The first kappa shape index (κ1) is 21.1. The third-order valence-corrected chi connectivity index (χ3v) is 5.20. The molecule has 3 rings (SSSR count). The van der Waals surface area contributed by atoms with Crippen molar-refractivity contribution in [2.45, 2.75) is 44.0 Å². The zero-order valence-corrected chi connectivity index (χ0v) is 16.1. The Hall–Kier alpha value is -2.59. The predicted molar refractivity (Wildman–Crippen MR) is 99.2 cm³/mol. The number of aliphatic carboxylic acids is 2. The summed E-state index contributed by atoms with van der Waals surface area (Å²) in [5, 5.41) is 31.3. The van der Waals surface area contributed by atoms with Crippen molar-refractivity contribution >= 4 is 11.9 Å². The van der Waals surface area contributed by atoms with E-state index in [1.165, 1.54) is 7.11 Å².